The van der Waals surface area contributed by atoms with Crippen LogP contribution in [0, 0.1) is 0 Å². The van der Waals surface area contributed by atoms with Gasteiger partial charge in [0.1, 0.15) is 29.6 Å². The fraction of sp³-hybridized carbons (Fsp3) is 0.375. The number of hydrogen-bond donors (Lipinski definition) is 0. The summed E-state index contributed by atoms with van der Waals surface area (Å²) in [5, 5.41) is 0. The Bertz CT molecular complexity index is 1040. The molecule has 8 heteroatoms. The topological polar surface area (TPSA) is 81.7 Å². The van der Waals surface area contributed by atoms with Gasteiger partial charge in [-0.15, -0.1) is 0 Å². The van der Waals surface area contributed by atoms with Crippen LogP contribution in [0.4, 0.5) is 4.79 Å². The number of benzene rings is 2. The second-order valence-electron chi connectivity index (χ2n) is 8.04. The minimum Gasteiger partial charge on any atom is -0.468 e. The summed E-state index contributed by atoms with van der Waals surface area (Å²) >= 11 is 0. The van der Waals surface area contributed by atoms with Crippen LogP contribution in [0.5, 0.6) is 17.2 Å². The van der Waals surface area contributed by atoms with Gasteiger partial charge in [0.25, 0.3) is 0 Å². The zero-order valence-electron chi connectivity index (χ0n) is 17.9. The van der Waals surface area contributed by atoms with Crippen LogP contribution in [-0.2, 0) is 18.9 Å². The van der Waals surface area contributed by atoms with E-state index < -0.39 is 11.8 Å². The summed E-state index contributed by atoms with van der Waals surface area (Å²) < 4.78 is 38.3. The highest BCUT2D eigenvalue weighted by Gasteiger charge is 2.53. The minimum absolute atomic E-state index is 0.0127. The van der Waals surface area contributed by atoms with Crippen LogP contribution in [0.15, 0.2) is 48.0 Å². The molecular weight excluding hydrogens is 416 g/mol. The molecule has 5 rings (SSSR count). The van der Waals surface area contributed by atoms with E-state index in [1.807, 2.05) is 42.5 Å². The van der Waals surface area contributed by atoms with E-state index in [0.29, 0.717) is 24.3 Å². The summed E-state index contributed by atoms with van der Waals surface area (Å²) in [7, 11) is 3.16. The molecule has 2 aromatic rings. The highest BCUT2D eigenvalue weighted by Crippen LogP contribution is 2.56. The largest absolute Gasteiger partial charge is 0.509 e. The summed E-state index contributed by atoms with van der Waals surface area (Å²) in [6.45, 7) is 0.573. The van der Waals surface area contributed by atoms with Crippen molar-refractivity contribution in [3.8, 4) is 17.2 Å². The third-order valence-corrected chi connectivity index (χ3v) is 5.93. The lowest BCUT2D eigenvalue weighted by Gasteiger charge is -2.27. The Kier molecular flexibility index (Phi) is 5.40. The van der Waals surface area contributed by atoms with Crippen molar-refractivity contribution in [3.63, 3.8) is 0 Å². The lowest BCUT2D eigenvalue weighted by atomic mass is 9.88. The average molecular weight is 440 g/mol. The Balaban J connectivity index is 1.52. The first-order valence-corrected chi connectivity index (χ1v) is 10.4. The quantitative estimate of drug-likeness (QED) is 0.467. The van der Waals surface area contributed by atoms with E-state index in [2.05, 4.69) is 0 Å². The fourth-order valence-electron chi connectivity index (χ4n) is 4.55. The molecule has 1 saturated heterocycles. The predicted octanol–water partition coefficient (Wildman–Crippen LogP) is 4.24. The molecule has 0 bridgehead atoms. The molecule has 1 spiro atoms. The molecule has 1 saturated carbocycles. The SMILES string of the molecule is COCOc1ccc(C2=C3C[C@]4(COC(=O)O4)C[C@@H]3c3cc(OCOC)ccc3O2)cc1. The first-order valence-electron chi connectivity index (χ1n) is 10.4. The Morgan fingerprint density at radius 1 is 1.00 bits per heavy atom. The molecule has 8 nitrogen and oxygen atoms in total. The van der Waals surface area contributed by atoms with E-state index in [-0.39, 0.29) is 26.1 Å². The van der Waals surface area contributed by atoms with E-state index in [1.54, 1.807) is 14.2 Å². The maximum Gasteiger partial charge on any atom is 0.509 e. The highest BCUT2D eigenvalue weighted by atomic mass is 16.8. The maximum atomic E-state index is 11.8. The number of methoxy groups -OCH3 is 2. The van der Waals surface area contributed by atoms with E-state index in [0.717, 1.165) is 28.2 Å². The molecule has 0 amide bonds. The first kappa shape index (κ1) is 20.7. The lowest BCUT2D eigenvalue weighted by Crippen LogP contribution is -2.27. The molecule has 0 aromatic heterocycles. The molecule has 3 aliphatic rings. The number of fused-ring (bicyclic) bond motifs is 3. The fourth-order valence-corrected chi connectivity index (χ4v) is 4.55. The van der Waals surface area contributed by atoms with Crippen molar-refractivity contribution in [2.75, 3.05) is 34.4 Å². The van der Waals surface area contributed by atoms with Gasteiger partial charge in [-0.25, -0.2) is 4.79 Å². The van der Waals surface area contributed by atoms with E-state index in [9.17, 15) is 4.79 Å². The van der Waals surface area contributed by atoms with Crippen LogP contribution in [0.25, 0.3) is 5.76 Å². The molecule has 2 aromatic carbocycles. The van der Waals surface area contributed by atoms with Gasteiger partial charge >= 0.3 is 6.16 Å². The summed E-state index contributed by atoms with van der Waals surface area (Å²) in [5.41, 5.74) is 2.31. The van der Waals surface area contributed by atoms with Crippen molar-refractivity contribution in [2.24, 2.45) is 0 Å². The van der Waals surface area contributed by atoms with E-state index in [4.69, 9.17) is 33.2 Å². The van der Waals surface area contributed by atoms with Crippen molar-refractivity contribution < 1.29 is 38.0 Å². The van der Waals surface area contributed by atoms with Gasteiger partial charge in [0.2, 0.25) is 0 Å². The second-order valence-corrected chi connectivity index (χ2v) is 8.04. The van der Waals surface area contributed by atoms with Gasteiger partial charge < -0.3 is 33.2 Å². The van der Waals surface area contributed by atoms with Gasteiger partial charge in [-0.2, -0.15) is 0 Å². The number of ether oxygens (including phenoxy) is 7. The standard InChI is InChI=1S/C24H24O8/c1-26-13-29-16-5-3-15(4-6-16)22-20-11-24(12-28-23(25)32-24)10-19(20)18-9-17(30-14-27-2)7-8-21(18)31-22/h3-9,19H,10-14H2,1-2H3/t19-,24+/m1/s1. The monoisotopic (exact) mass is 440 g/mol. The molecule has 1 aliphatic carbocycles. The van der Waals surface area contributed by atoms with Crippen LogP contribution in [-0.4, -0.2) is 46.2 Å². The summed E-state index contributed by atoms with van der Waals surface area (Å²) in [6, 6.07) is 13.4. The van der Waals surface area contributed by atoms with Gasteiger partial charge in [0.15, 0.2) is 19.2 Å². The zero-order chi connectivity index (χ0) is 22.1. The van der Waals surface area contributed by atoms with Crippen LogP contribution < -0.4 is 14.2 Å². The Morgan fingerprint density at radius 2 is 1.72 bits per heavy atom. The van der Waals surface area contributed by atoms with Crippen molar-refractivity contribution in [1.82, 2.24) is 0 Å². The molecule has 32 heavy (non-hydrogen) atoms. The highest BCUT2D eigenvalue weighted by molar-refractivity contribution is 5.73. The van der Waals surface area contributed by atoms with Crippen LogP contribution in [0.2, 0.25) is 0 Å². The molecule has 2 atom stereocenters. The summed E-state index contributed by atoms with van der Waals surface area (Å²) in [6.07, 6.45) is 0.545. The molecule has 0 unspecified atom stereocenters. The van der Waals surface area contributed by atoms with Crippen molar-refractivity contribution >= 4 is 11.9 Å². The van der Waals surface area contributed by atoms with Crippen LogP contribution in [0.1, 0.15) is 29.9 Å². The third kappa shape index (κ3) is 3.76. The van der Waals surface area contributed by atoms with Crippen LogP contribution >= 0.6 is 0 Å². The second kappa shape index (κ2) is 8.37. The number of cyclic esters (lactones) is 1. The Labute approximate surface area is 185 Å². The number of hydrogen-bond acceptors (Lipinski definition) is 8. The molecule has 0 radical (unpaired) electrons. The Morgan fingerprint density at radius 3 is 2.41 bits per heavy atom. The lowest BCUT2D eigenvalue weighted by molar-refractivity contribution is 0.0508. The van der Waals surface area contributed by atoms with Gasteiger partial charge in [-0.3, -0.25) is 0 Å². The van der Waals surface area contributed by atoms with E-state index in [1.165, 1.54) is 0 Å². The third-order valence-electron chi connectivity index (χ3n) is 5.93. The van der Waals surface area contributed by atoms with Gasteiger partial charge in [0.05, 0.1) is 0 Å². The summed E-state index contributed by atoms with van der Waals surface area (Å²) in [4.78, 5) is 11.8. The first-order chi connectivity index (χ1) is 15.6. The molecule has 2 fully saturated rings. The molecular formula is C24H24O8. The predicted molar refractivity (Wildman–Crippen MR) is 113 cm³/mol. The number of rotatable bonds is 7. The normalized spacial score (nSPS) is 23.3. The van der Waals surface area contributed by atoms with Crippen molar-refractivity contribution in [2.45, 2.75) is 24.4 Å². The van der Waals surface area contributed by atoms with Gasteiger partial charge in [-0.05, 0) is 48.0 Å². The number of carbonyl (C=O) groups is 1. The maximum absolute atomic E-state index is 11.8. The van der Waals surface area contributed by atoms with Crippen molar-refractivity contribution in [1.29, 1.82) is 0 Å². The van der Waals surface area contributed by atoms with Crippen molar-refractivity contribution in [3.05, 3.63) is 59.2 Å². The molecule has 2 aliphatic heterocycles. The van der Waals surface area contributed by atoms with Crippen LogP contribution in [0.3, 0.4) is 0 Å². The molecule has 168 valence electrons. The summed E-state index contributed by atoms with van der Waals surface area (Å²) in [5.74, 6) is 2.93. The van der Waals surface area contributed by atoms with E-state index >= 15 is 0 Å². The number of carbonyl (C=O) groups excluding carboxylic acids is 1. The van der Waals surface area contributed by atoms with Gasteiger partial charge in [-0.1, -0.05) is 0 Å². The molecule has 2 heterocycles. The Hall–Kier alpha value is -3.23. The molecule has 0 N–H and O–H groups in total. The minimum atomic E-state index is -0.682. The average Bonchev–Trinajstić information content (AvgIpc) is 3.37. The van der Waals surface area contributed by atoms with Gasteiger partial charge in [0, 0.05) is 44.1 Å². The zero-order valence-corrected chi connectivity index (χ0v) is 17.9. The smallest absolute Gasteiger partial charge is 0.468 e.